The molecule has 2 aromatic carbocycles. The Kier molecular flexibility index (Phi) is 7.09. The molecule has 1 aromatic heterocycles. The number of carbonyl (C=O) groups is 1. The van der Waals surface area contributed by atoms with Gasteiger partial charge in [0.05, 0.1) is 41.2 Å². The third-order valence-corrected chi connectivity index (χ3v) is 9.89. The van der Waals surface area contributed by atoms with Gasteiger partial charge in [-0.1, -0.05) is 0 Å². The number of halogens is 2. The van der Waals surface area contributed by atoms with E-state index < -0.39 is 28.3 Å². The van der Waals surface area contributed by atoms with Crippen molar-refractivity contribution in [1.82, 2.24) is 0 Å². The number of nitrogens with one attached hydrogen (secondary N) is 2. The molecule has 1 aliphatic carbocycles. The molecule has 41 heavy (non-hydrogen) atoms. The number of hydrogen-bond donors (Lipinski definition) is 3. The number of rotatable bonds is 8. The fraction of sp³-hybridized carbons (Fsp3) is 0.483. The van der Waals surface area contributed by atoms with E-state index in [2.05, 4.69) is 14.9 Å². The van der Waals surface area contributed by atoms with E-state index in [1.807, 2.05) is 4.90 Å². The third kappa shape index (κ3) is 5.99. The minimum Gasteiger partial charge on any atom is -0.462 e. The van der Waals surface area contributed by atoms with Crippen LogP contribution in [0.25, 0.3) is 11.0 Å². The van der Waals surface area contributed by atoms with Crippen molar-refractivity contribution in [3.63, 3.8) is 0 Å². The van der Waals surface area contributed by atoms with E-state index in [1.165, 1.54) is 25.2 Å². The zero-order chi connectivity index (χ0) is 28.8. The van der Waals surface area contributed by atoms with E-state index in [1.54, 1.807) is 30.3 Å². The van der Waals surface area contributed by atoms with Gasteiger partial charge in [-0.05, 0) is 67.5 Å². The van der Waals surface area contributed by atoms with Crippen molar-refractivity contribution in [1.29, 1.82) is 0 Å². The second kappa shape index (κ2) is 10.5. The lowest BCUT2D eigenvalue weighted by Gasteiger charge is -2.35. The summed E-state index contributed by atoms with van der Waals surface area (Å²) in [6.07, 6.45) is 5.52. The van der Waals surface area contributed by atoms with Crippen LogP contribution in [0, 0.1) is 5.41 Å². The summed E-state index contributed by atoms with van der Waals surface area (Å²) in [7, 11) is -3.74. The number of furan rings is 1. The van der Waals surface area contributed by atoms with E-state index in [4.69, 9.17) is 9.52 Å². The molecule has 2 aliphatic heterocycles. The number of hydrogen-bond acceptors (Lipinski definition) is 7. The number of sulfonamides is 1. The summed E-state index contributed by atoms with van der Waals surface area (Å²) in [4.78, 5) is 17.7. The maximum Gasteiger partial charge on any atom is 0.257 e. The highest BCUT2D eigenvalue weighted by Crippen LogP contribution is 2.54. The average molecular weight is 589 g/mol. The maximum atomic E-state index is 13.8. The Labute approximate surface area is 237 Å². The van der Waals surface area contributed by atoms with Gasteiger partial charge < -0.3 is 24.6 Å². The second-order valence-electron chi connectivity index (χ2n) is 11.5. The largest absolute Gasteiger partial charge is 0.462 e. The molecule has 3 aliphatic rings. The molecular formula is C29H34F2N4O5S. The molecule has 6 rings (SSSR count). The monoisotopic (exact) mass is 588 g/mol. The van der Waals surface area contributed by atoms with Crippen molar-refractivity contribution >= 4 is 49.6 Å². The van der Waals surface area contributed by atoms with E-state index in [0.717, 1.165) is 31.3 Å². The zero-order valence-corrected chi connectivity index (χ0v) is 23.5. The molecule has 0 unspecified atom stereocenters. The Hall–Kier alpha value is -3.38. The summed E-state index contributed by atoms with van der Waals surface area (Å²) >= 11 is 0. The van der Waals surface area contributed by atoms with Gasteiger partial charge in [-0.3, -0.25) is 9.52 Å². The Morgan fingerprint density at radius 3 is 2.24 bits per heavy atom. The van der Waals surface area contributed by atoms with Gasteiger partial charge in [-0.25, -0.2) is 17.2 Å². The number of anilines is 4. The summed E-state index contributed by atoms with van der Waals surface area (Å²) in [5.41, 5.74) is 3.49. The number of aliphatic hydroxyl groups is 1. The lowest BCUT2D eigenvalue weighted by molar-refractivity contribution is -0.0220. The van der Waals surface area contributed by atoms with Gasteiger partial charge in [0.1, 0.15) is 0 Å². The molecule has 2 saturated heterocycles. The van der Waals surface area contributed by atoms with Crippen LogP contribution >= 0.6 is 0 Å². The summed E-state index contributed by atoms with van der Waals surface area (Å²) < 4.78 is 60.4. The molecule has 3 aromatic rings. The highest BCUT2D eigenvalue weighted by molar-refractivity contribution is 7.92. The second-order valence-corrected chi connectivity index (χ2v) is 13.3. The van der Waals surface area contributed by atoms with Crippen molar-refractivity contribution in [2.45, 2.75) is 44.4 Å². The molecule has 1 saturated carbocycles. The van der Waals surface area contributed by atoms with Crippen molar-refractivity contribution in [3.8, 4) is 0 Å². The van der Waals surface area contributed by atoms with Crippen LogP contribution in [0.1, 0.15) is 48.9 Å². The van der Waals surface area contributed by atoms with Gasteiger partial charge in [0.2, 0.25) is 10.0 Å². The van der Waals surface area contributed by atoms with E-state index in [-0.39, 0.29) is 31.8 Å². The van der Waals surface area contributed by atoms with Gasteiger partial charge in [-0.2, -0.15) is 0 Å². The first kappa shape index (κ1) is 27.8. The lowest BCUT2D eigenvalue weighted by Crippen LogP contribution is -2.39. The normalized spacial score (nSPS) is 19.9. The molecular weight excluding hydrogens is 554 g/mol. The molecule has 1 spiro atoms. The first-order valence-corrected chi connectivity index (χ1v) is 15.7. The van der Waals surface area contributed by atoms with Crippen molar-refractivity contribution in [3.05, 3.63) is 48.2 Å². The van der Waals surface area contributed by atoms with Crippen LogP contribution in [-0.4, -0.2) is 63.9 Å². The highest BCUT2D eigenvalue weighted by atomic mass is 32.2. The predicted octanol–water partition coefficient (Wildman–Crippen LogP) is 5.04. The molecule has 0 radical (unpaired) electrons. The van der Waals surface area contributed by atoms with Crippen LogP contribution in [0.15, 0.2) is 47.1 Å². The van der Waals surface area contributed by atoms with E-state index >= 15 is 0 Å². The van der Waals surface area contributed by atoms with Gasteiger partial charge in [0.15, 0.2) is 5.58 Å². The standard InChI is InChI=1S/C29H34F2N4O5S/c30-29(31)8-12-35(13-9-29)25-19-22(17-20-3-15-40-26(20)25)32-27(37)23-2-1-21(33-41(38,39)16-14-36)18-24(23)34-10-6-28(4-5-28)7-11-34/h1-3,15,17-19,33,36H,4-14,16H2,(H,32,37). The van der Waals surface area contributed by atoms with Crippen molar-refractivity contribution in [2.75, 3.05) is 58.4 Å². The molecule has 220 valence electrons. The van der Waals surface area contributed by atoms with E-state index in [9.17, 15) is 22.0 Å². The fourth-order valence-electron chi connectivity index (χ4n) is 5.94. The number of fused-ring (bicyclic) bond motifs is 1. The SMILES string of the molecule is O=C(Nc1cc(N2CCC(F)(F)CC2)c2occc2c1)c1ccc(NS(=O)(=O)CCO)cc1N1CCC2(CC1)CC2. The number of benzene rings is 2. The fourth-order valence-corrected chi connectivity index (χ4v) is 6.77. The number of piperidine rings is 2. The maximum absolute atomic E-state index is 13.8. The Balaban J connectivity index is 1.29. The number of carbonyl (C=O) groups excluding carboxylic acids is 1. The molecule has 0 bridgehead atoms. The van der Waals surface area contributed by atoms with Gasteiger partial charge >= 0.3 is 0 Å². The summed E-state index contributed by atoms with van der Waals surface area (Å²) in [5.74, 6) is -3.48. The summed E-state index contributed by atoms with van der Waals surface area (Å²) in [5, 5.41) is 12.8. The van der Waals surface area contributed by atoms with Crippen LogP contribution in [0.2, 0.25) is 0 Å². The van der Waals surface area contributed by atoms with Crippen LogP contribution in [0.3, 0.4) is 0 Å². The van der Waals surface area contributed by atoms with Crippen molar-refractivity contribution < 1.29 is 31.5 Å². The smallest absolute Gasteiger partial charge is 0.257 e. The quantitative estimate of drug-likeness (QED) is 0.338. The van der Waals surface area contributed by atoms with Gasteiger partial charge in [-0.15, -0.1) is 0 Å². The van der Waals surface area contributed by atoms with Gasteiger partial charge in [0, 0.05) is 50.1 Å². The summed E-state index contributed by atoms with van der Waals surface area (Å²) in [6, 6.07) is 10.1. The topological polar surface area (TPSA) is 115 Å². The molecule has 0 atom stereocenters. The Morgan fingerprint density at radius 2 is 1.56 bits per heavy atom. The Morgan fingerprint density at radius 1 is 0.902 bits per heavy atom. The molecule has 3 fully saturated rings. The Bertz CT molecular complexity index is 1550. The number of amides is 1. The van der Waals surface area contributed by atoms with Crippen LogP contribution < -0.4 is 19.8 Å². The number of nitrogens with zero attached hydrogens (tertiary/aromatic N) is 2. The highest BCUT2D eigenvalue weighted by Gasteiger charge is 2.44. The average Bonchev–Trinajstić information content (AvgIpc) is 3.50. The van der Waals surface area contributed by atoms with E-state index in [0.29, 0.717) is 39.3 Å². The summed E-state index contributed by atoms with van der Waals surface area (Å²) in [6.45, 7) is 1.37. The van der Waals surface area contributed by atoms with Gasteiger partial charge in [0.25, 0.3) is 11.8 Å². The minimum atomic E-state index is -3.74. The first-order valence-electron chi connectivity index (χ1n) is 14.0. The molecule has 3 heterocycles. The van der Waals surface area contributed by atoms with Crippen molar-refractivity contribution in [2.24, 2.45) is 5.41 Å². The molecule has 3 N–H and O–H groups in total. The molecule has 12 heteroatoms. The van der Waals surface area contributed by atoms with Crippen LogP contribution in [0.4, 0.5) is 31.5 Å². The number of alkyl halides is 2. The van der Waals surface area contributed by atoms with Crippen LogP contribution in [-0.2, 0) is 10.0 Å². The number of aliphatic hydroxyl groups excluding tert-OH is 1. The molecule has 9 nitrogen and oxygen atoms in total. The minimum absolute atomic E-state index is 0.175. The molecule has 1 amide bonds. The lowest BCUT2D eigenvalue weighted by atomic mass is 9.93. The zero-order valence-electron chi connectivity index (χ0n) is 22.7. The van der Waals surface area contributed by atoms with Crippen LogP contribution in [0.5, 0.6) is 0 Å². The third-order valence-electron chi connectivity index (χ3n) is 8.62. The predicted molar refractivity (Wildman–Crippen MR) is 155 cm³/mol. The first-order chi connectivity index (χ1) is 19.6.